The molecule has 1 unspecified atom stereocenters. The van der Waals surface area contributed by atoms with Gasteiger partial charge in [-0.15, -0.1) is 0 Å². The van der Waals surface area contributed by atoms with Crippen LogP contribution in [0.4, 0.5) is 0 Å². The summed E-state index contributed by atoms with van der Waals surface area (Å²) in [6, 6.07) is 6.33. The molecule has 1 atom stereocenters. The smallest absolute Gasteiger partial charge is 0.0917 e. The molecule has 0 aromatic heterocycles. The second-order valence-electron chi connectivity index (χ2n) is 7.16. The molecule has 2 rings (SSSR count). The zero-order valence-electron chi connectivity index (χ0n) is 14.5. The maximum absolute atomic E-state index is 10.5. The van der Waals surface area contributed by atoms with Crippen LogP contribution in [0.15, 0.2) is 18.2 Å². The predicted octanol–water partition coefficient (Wildman–Crippen LogP) is 3.47. The molecule has 22 heavy (non-hydrogen) atoms. The molecule has 1 aliphatic heterocycles. The van der Waals surface area contributed by atoms with Gasteiger partial charge in [-0.25, -0.2) is 0 Å². The maximum atomic E-state index is 10.5. The van der Waals surface area contributed by atoms with Crippen LogP contribution in [-0.2, 0) is 4.74 Å². The fourth-order valence-corrected chi connectivity index (χ4v) is 3.14. The van der Waals surface area contributed by atoms with Crippen molar-refractivity contribution in [3.05, 3.63) is 34.9 Å². The Kier molecular flexibility index (Phi) is 6.42. The molecule has 3 heteroatoms. The molecule has 0 bridgehead atoms. The van der Waals surface area contributed by atoms with E-state index in [1.54, 1.807) is 0 Å². The van der Waals surface area contributed by atoms with E-state index in [2.05, 4.69) is 50.8 Å². The number of aryl methyl sites for hydroxylation is 2. The highest BCUT2D eigenvalue weighted by Crippen LogP contribution is 2.21. The Balaban J connectivity index is 1.80. The van der Waals surface area contributed by atoms with Gasteiger partial charge < -0.3 is 14.7 Å². The highest BCUT2D eigenvalue weighted by atomic mass is 16.5. The van der Waals surface area contributed by atoms with Gasteiger partial charge in [0.15, 0.2) is 0 Å². The number of hydrogen-bond donors (Lipinski definition) is 1. The lowest BCUT2D eigenvalue weighted by Crippen LogP contribution is -2.39. The van der Waals surface area contributed by atoms with E-state index in [1.807, 2.05) is 0 Å². The lowest BCUT2D eigenvalue weighted by molar-refractivity contribution is -0.0123. The predicted molar refractivity (Wildman–Crippen MR) is 91.1 cm³/mol. The Morgan fingerprint density at radius 2 is 1.73 bits per heavy atom. The van der Waals surface area contributed by atoms with Crippen molar-refractivity contribution in [1.29, 1.82) is 0 Å². The van der Waals surface area contributed by atoms with E-state index >= 15 is 0 Å². The van der Waals surface area contributed by atoms with E-state index in [0.717, 1.165) is 44.6 Å². The summed E-state index contributed by atoms with van der Waals surface area (Å²) in [6.45, 7) is 12.2. The fraction of sp³-hybridized carbons (Fsp3) is 0.684. The highest BCUT2D eigenvalue weighted by molar-refractivity contribution is 5.30. The number of aliphatic hydroxyl groups excluding tert-OH is 1. The third-order valence-electron chi connectivity index (χ3n) is 4.26. The number of piperidine rings is 1. The average Bonchev–Trinajstić information content (AvgIpc) is 2.45. The van der Waals surface area contributed by atoms with Crippen LogP contribution in [0.5, 0.6) is 0 Å². The SMILES string of the molecule is Cc1cc(C)cc(C(O)CN2CCC(OCC(C)C)CC2)c1. The van der Waals surface area contributed by atoms with E-state index < -0.39 is 6.10 Å². The van der Waals surface area contributed by atoms with E-state index in [1.165, 1.54) is 11.1 Å². The third kappa shape index (κ3) is 5.38. The third-order valence-corrected chi connectivity index (χ3v) is 4.26. The van der Waals surface area contributed by atoms with Crippen molar-refractivity contribution in [2.45, 2.75) is 52.7 Å². The van der Waals surface area contributed by atoms with Crippen molar-refractivity contribution in [3.63, 3.8) is 0 Å². The first-order valence-corrected chi connectivity index (χ1v) is 8.54. The summed E-state index contributed by atoms with van der Waals surface area (Å²) in [5.41, 5.74) is 3.47. The van der Waals surface area contributed by atoms with Gasteiger partial charge in [-0.3, -0.25) is 0 Å². The first kappa shape index (κ1) is 17.5. The van der Waals surface area contributed by atoms with Crippen LogP contribution in [0.25, 0.3) is 0 Å². The Bertz CT molecular complexity index is 444. The van der Waals surface area contributed by atoms with Gasteiger partial charge in [0.25, 0.3) is 0 Å². The first-order chi connectivity index (χ1) is 10.4. The number of hydrogen-bond acceptors (Lipinski definition) is 3. The summed E-state index contributed by atoms with van der Waals surface area (Å²) in [4.78, 5) is 2.36. The number of ether oxygens (including phenoxy) is 1. The zero-order valence-corrected chi connectivity index (χ0v) is 14.5. The van der Waals surface area contributed by atoms with Gasteiger partial charge in [0.2, 0.25) is 0 Å². The minimum atomic E-state index is -0.397. The average molecular weight is 305 g/mol. The normalized spacial score (nSPS) is 18.8. The van der Waals surface area contributed by atoms with E-state index in [0.29, 0.717) is 12.0 Å². The van der Waals surface area contributed by atoms with Crippen LogP contribution < -0.4 is 0 Å². The van der Waals surface area contributed by atoms with Crippen LogP contribution in [0, 0.1) is 19.8 Å². The quantitative estimate of drug-likeness (QED) is 0.873. The van der Waals surface area contributed by atoms with Gasteiger partial charge >= 0.3 is 0 Å². The topological polar surface area (TPSA) is 32.7 Å². The molecule has 1 aromatic carbocycles. The fourth-order valence-electron chi connectivity index (χ4n) is 3.14. The Morgan fingerprint density at radius 1 is 1.14 bits per heavy atom. The van der Waals surface area contributed by atoms with Crippen LogP contribution in [0.1, 0.15) is 49.5 Å². The number of aliphatic hydroxyl groups is 1. The molecule has 1 N–H and O–H groups in total. The Hall–Kier alpha value is -0.900. The standard InChI is InChI=1S/C19H31NO2/c1-14(2)13-22-18-5-7-20(8-6-18)12-19(21)17-10-15(3)9-16(4)11-17/h9-11,14,18-19,21H,5-8,12-13H2,1-4H3. The van der Waals surface area contributed by atoms with Crippen molar-refractivity contribution in [3.8, 4) is 0 Å². The first-order valence-electron chi connectivity index (χ1n) is 8.54. The summed E-state index contributed by atoms with van der Waals surface area (Å²) in [7, 11) is 0. The van der Waals surface area contributed by atoms with Crippen LogP contribution >= 0.6 is 0 Å². The van der Waals surface area contributed by atoms with Gasteiger partial charge in [-0.05, 0) is 38.2 Å². The Labute approximate surface area is 135 Å². The number of benzene rings is 1. The lowest BCUT2D eigenvalue weighted by Gasteiger charge is -2.33. The summed E-state index contributed by atoms with van der Waals surface area (Å²) in [5.74, 6) is 0.601. The summed E-state index contributed by atoms with van der Waals surface area (Å²) in [6.07, 6.45) is 2.15. The van der Waals surface area contributed by atoms with Crippen LogP contribution in [-0.4, -0.2) is 42.4 Å². The summed E-state index contributed by atoms with van der Waals surface area (Å²) in [5, 5.41) is 10.5. The molecule has 1 aromatic rings. The lowest BCUT2D eigenvalue weighted by atomic mass is 10.0. The van der Waals surface area contributed by atoms with Crippen molar-refractivity contribution in [2.75, 3.05) is 26.2 Å². The maximum Gasteiger partial charge on any atom is 0.0917 e. The molecular formula is C19H31NO2. The number of nitrogens with zero attached hydrogens (tertiary/aromatic N) is 1. The molecule has 0 amide bonds. The highest BCUT2D eigenvalue weighted by Gasteiger charge is 2.22. The molecule has 1 saturated heterocycles. The molecule has 1 heterocycles. The zero-order chi connectivity index (χ0) is 16.1. The number of rotatable bonds is 6. The van der Waals surface area contributed by atoms with Crippen molar-refractivity contribution in [2.24, 2.45) is 5.92 Å². The molecule has 0 radical (unpaired) electrons. The van der Waals surface area contributed by atoms with E-state index in [9.17, 15) is 5.11 Å². The van der Waals surface area contributed by atoms with Crippen LogP contribution in [0.2, 0.25) is 0 Å². The van der Waals surface area contributed by atoms with Gasteiger partial charge in [-0.2, -0.15) is 0 Å². The second kappa shape index (κ2) is 8.09. The van der Waals surface area contributed by atoms with E-state index in [-0.39, 0.29) is 0 Å². The monoisotopic (exact) mass is 305 g/mol. The molecule has 3 nitrogen and oxygen atoms in total. The molecule has 0 saturated carbocycles. The molecule has 0 aliphatic carbocycles. The van der Waals surface area contributed by atoms with Crippen molar-refractivity contribution < 1.29 is 9.84 Å². The van der Waals surface area contributed by atoms with Crippen LogP contribution in [0.3, 0.4) is 0 Å². The second-order valence-corrected chi connectivity index (χ2v) is 7.16. The molecule has 1 fully saturated rings. The largest absolute Gasteiger partial charge is 0.387 e. The van der Waals surface area contributed by atoms with Crippen molar-refractivity contribution in [1.82, 2.24) is 4.90 Å². The van der Waals surface area contributed by atoms with Gasteiger partial charge in [0.1, 0.15) is 0 Å². The number of likely N-dealkylation sites (tertiary alicyclic amines) is 1. The van der Waals surface area contributed by atoms with Gasteiger partial charge in [-0.1, -0.05) is 43.2 Å². The van der Waals surface area contributed by atoms with E-state index in [4.69, 9.17) is 4.74 Å². The van der Waals surface area contributed by atoms with Gasteiger partial charge in [0.05, 0.1) is 12.2 Å². The van der Waals surface area contributed by atoms with Crippen molar-refractivity contribution >= 4 is 0 Å². The summed E-state index contributed by atoms with van der Waals surface area (Å²) >= 11 is 0. The molecule has 0 spiro atoms. The van der Waals surface area contributed by atoms with Gasteiger partial charge in [0, 0.05) is 26.2 Å². The molecule has 124 valence electrons. The number of β-amino-alcohol motifs (C(OH)–C–C–N with tert-alkyl or cyclic N) is 1. The minimum Gasteiger partial charge on any atom is -0.387 e. The molecular weight excluding hydrogens is 274 g/mol. The molecule has 1 aliphatic rings. The Morgan fingerprint density at radius 3 is 2.27 bits per heavy atom. The summed E-state index contributed by atoms with van der Waals surface area (Å²) < 4.78 is 5.92. The minimum absolute atomic E-state index is 0.397.